The number of amides is 1. The molecule has 0 saturated carbocycles. The summed E-state index contributed by atoms with van der Waals surface area (Å²) in [5, 5.41) is 13.4. The lowest BCUT2D eigenvalue weighted by molar-refractivity contribution is -0.118. The average Bonchev–Trinajstić information content (AvgIpc) is 2.70. The largest absolute Gasteiger partial charge is 0.494 e. The summed E-state index contributed by atoms with van der Waals surface area (Å²) in [5.74, 6) is -0.664. The van der Waals surface area contributed by atoms with E-state index in [2.05, 4.69) is 10.3 Å². The van der Waals surface area contributed by atoms with Crippen molar-refractivity contribution in [2.24, 2.45) is 19.1 Å². The molecule has 0 radical (unpaired) electrons. The van der Waals surface area contributed by atoms with Gasteiger partial charge in [0, 0.05) is 20.6 Å². The molecule has 0 saturated heterocycles. The van der Waals surface area contributed by atoms with Gasteiger partial charge in [-0.25, -0.2) is 9.79 Å². The molecule has 0 aliphatic heterocycles. The van der Waals surface area contributed by atoms with Gasteiger partial charge in [-0.15, -0.1) is 0 Å². The highest BCUT2D eigenvalue weighted by molar-refractivity contribution is 8.15. The van der Waals surface area contributed by atoms with Crippen LogP contribution in [0.3, 0.4) is 0 Å². The van der Waals surface area contributed by atoms with E-state index in [-0.39, 0.29) is 22.3 Å². The Kier molecular flexibility index (Phi) is 7.44. The molecule has 1 heterocycles. The second-order valence-corrected chi connectivity index (χ2v) is 7.69. The van der Waals surface area contributed by atoms with Crippen molar-refractivity contribution in [1.82, 2.24) is 14.5 Å². The Balaban J connectivity index is 2.58. The molecule has 156 valence electrons. The highest BCUT2D eigenvalue weighted by atomic mass is 32.2. The summed E-state index contributed by atoms with van der Waals surface area (Å²) >= 11 is 1.04. The van der Waals surface area contributed by atoms with Crippen LogP contribution in [-0.4, -0.2) is 37.5 Å². The average molecular weight is 419 g/mol. The topological polar surface area (TPSA) is 106 Å². The lowest BCUT2D eigenvalue weighted by Crippen LogP contribution is -2.39. The number of aromatic nitrogens is 2. The fraction of sp³-hybridized carbons (Fsp3) is 0.400. The molecule has 8 nitrogen and oxygen atoms in total. The quantitative estimate of drug-likeness (QED) is 0.549. The summed E-state index contributed by atoms with van der Waals surface area (Å²) in [6, 6.07) is 5.56. The monoisotopic (exact) mass is 418 g/mol. The maximum Gasteiger partial charge on any atom is 0.333 e. The SMILES string of the molecule is CCCNC(=O)CSC(=Nc1ccc(C)c(C)c1)c1c(O)n(C)c(=O)n(C)c1=O. The van der Waals surface area contributed by atoms with Crippen molar-refractivity contribution in [3.63, 3.8) is 0 Å². The molecular formula is C20H26N4O4S. The van der Waals surface area contributed by atoms with Crippen LogP contribution in [0.15, 0.2) is 32.8 Å². The Hall–Kier alpha value is -2.81. The van der Waals surface area contributed by atoms with Crippen molar-refractivity contribution in [2.75, 3.05) is 12.3 Å². The number of nitrogens with one attached hydrogen (secondary N) is 1. The van der Waals surface area contributed by atoms with Gasteiger partial charge < -0.3 is 10.4 Å². The Labute approximate surface area is 173 Å². The molecule has 2 aromatic rings. The highest BCUT2D eigenvalue weighted by Crippen LogP contribution is 2.24. The minimum Gasteiger partial charge on any atom is -0.494 e. The van der Waals surface area contributed by atoms with Crippen LogP contribution in [0.1, 0.15) is 30.0 Å². The summed E-state index contributed by atoms with van der Waals surface area (Å²) in [4.78, 5) is 41.4. The third-order valence-electron chi connectivity index (χ3n) is 4.48. The van der Waals surface area contributed by atoms with Crippen LogP contribution in [0, 0.1) is 13.8 Å². The standard InChI is InChI=1S/C20H26N4O4S/c1-6-9-21-15(25)11-29-17(22-14-8-7-12(2)13(3)10-14)16-18(26)23(4)20(28)24(5)19(16)27/h7-8,10,26H,6,9,11H2,1-5H3,(H,21,25). The van der Waals surface area contributed by atoms with Gasteiger partial charge in [0.25, 0.3) is 5.56 Å². The first kappa shape index (κ1) is 22.5. The fourth-order valence-corrected chi connectivity index (χ4v) is 3.41. The highest BCUT2D eigenvalue weighted by Gasteiger charge is 2.21. The third kappa shape index (κ3) is 5.17. The number of benzene rings is 1. The third-order valence-corrected chi connectivity index (χ3v) is 5.46. The molecule has 2 rings (SSSR count). The van der Waals surface area contributed by atoms with E-state index < -0.39 is 17.1 Å². The van der Waals surface area contributed by atoms with E-state index in [1.54, 1.807) is 6.07 Å². The Bertz CT molecular complexity index is 1070. The number of aliphatic imine (C=N–C) groups is 1. The molecule has 0 unspecified atom stereocenters. The van der Waals surface area contributed by atoms with Crippen molar-refractivity contribution in [3.05, 3.63) is 55.7 Å². The Morgan fingerprint density at radius 1 is 1.17 bits per heavy atom. The molecule has 0 aliphatic rings. The normalized spacial score (nSPS) is 11.6. The van der Waals surface area contributed by atoms with E-state index >= 15 is 0 Å². The van der Waals surface area contributed by atoms with Crippen molar-refractivity contribution in [2.45, 2.75) is 27.2 Å². The van der Waals surface area contributed by atoms with Gasteiger partial charge in [0.1, 0.15) is 10.6 Å². The maximum absolute atomic E-state index is 12.7. The predicted octanol–water partition coefficient (Wildman–Crippen LogP) is 1.74. The number of carbonyl (C=O) groups excluding carboxylic acids is 1. The number of aryl methyl sites for hydroxylation is 2. The molecule has 1 aromatic heterocycles. The van der Waals surface area contributed by atoms with Crippen LogP contribution >= 0.6 is 11.8 Å². The molecule has 1 aromatic carbocycles. The van der Waals surface area contributed by atoms with Gasteiger partial charge in [0.2, 0.25) is 11.8 Å². The molecule has 2 N–H and O–H groups in total. The first-order chi connectivity index (χ1) is 13.7. The number of thioether (sulfide) groups is 1. The predicted molar refractivity (Wildman–Crippen MR) is 116 cm³/mol. The van der Waals surface area contributed by atoms with Crippen LogP contribution in [-0.2, 0) is 18.9 Å². The summed E-state index contributed by atoms with van der Waals surface area (Å²) < 4.78 is 1.88. The lowest BCUT2D eigenvalue weighted by Gasteiger charge is -2.13. The van der Waals surface area contributed by atoms with Gasteiger partial charge in [-0.3, -0.25) is 18.7 Å². The molecule has 0 aliphatic carbocycles. The van der Waals surface area contributed by atoms with E-state index in [4.69, 9.17) is 0 Å². The zero-order valence-electron chi connectivity index (χ0n) is 17.3. The summed E-state index contributed by atoms with van der Waals surface area (Å²) in [6.45, 7) is 6.43. The van der Waals surface area contributed by atoms with E-state index in [0.717, 1.165) is 38.4 Å². The number of carbonyl (C=O) groups is 1. The summed E-state index contributed by atoms with van der Waals surface area (Å²) in [7, 11) is 2.70. The van der Waals surface area contributed by atoms with E-state index in [0.29, 0.717) is 12.2 Å². The van der Waals surface area contributed by atoms with Crippen LogP contribution in [0.2, 0.25) is 0 Å². The van der Waals surface area contributed by atoms with Gasteiger partial charge in [-0.2, -0.15) is 0 Å². The second kappa shape index (κ2) is 9.60. The zero-order valence-corrected chi connectivity index (χ0v) is 18.1. The summed E-state index contributed by atoms with van der Waals surface area (Å²) in [6.07, 6.45) is 0.808. The molecule has 9 heteroatoms. The summed E-state index contributed by atoms with van der Waals surface area (Å²) in [5.41, 5.74) is 1.27. The first-order valence-electron chi connectivity index (χ1n) is 9.22. The van der Waals surface area contributed by atoms with Gasteiger partial charge in [0.15, 0.2) is 0 Å². The number of hydrogen-bond acceptors (Lipinski definition) is 6. The molecule has 0 atom stereocenters. The van der Waals surface area contributed by atoms with E-state index in [1.807, 2.05) is 32.9 Å². The molecular weight excluding hydrogens is 392 g/mol. The lowest BCUT2D eigenvalue weighted by atomic mass is 10.1. The zero-order chi connectivity index (χ0) is 21.7. The number of hydrogen-bond donors (Lipinski definition) is 2. The molecule has 29 heavy (non-hydrogen) atoms. The van der Waals surface area contributed by atoms with Gasteiger partial charge in [-0.05, 0) is 43.5 Å². The smallest absolute Gasteiger partial charge is 0.333 e. The molecule has 0 spiro atoms. The number of rotatable bonds is 6. The van der Waals surface area contributed by atoms with E-state index in [1.165, 1.54) is 14.1 Å². The maximum atomic E-state index is 12.7. The van der Waals surface area contributed by atoms with Gasteiger partial charge in [0.05, 0.1) is 11.4 Å². The van der Waals surface area contributed by atoms with Gasteiger partial charge >= 0.3 is 5.69 Å². The van der Waals surface area contributed by atoms with Crippen molar-refractivity contribution < 1.29 is 9.90 Å². The number of aromatic hydroxyl groups is 1. The van der Waals surface area contributed by atoms with Gasteiger partial charge in [-0.1, -0.05) is 24.8 Å². The Morgan fingerprint density at radius 3 is 2.48 bits per heavy atom. The van der Waals surface area contributed by atoms with E-state index in [9.17, 15) is 19.5 Å². The molecule has 0 bridgehead atoms. The van der Waals surface area contributed by atoms with Crippen molar-refractivity contribution >= 4 is 28.4 Å². The number of nitrogens with zero attached hydrogens (tertiary/aromatic N) is 3. The molecule has 1 amide bonds. The van der Waals surface area contributed by atoms with Crippen molar-refractivity contribution in [1.29, 1.82) is 0 Å². The minimum atomic E-state index is -0.672. The Morgan fingerprint density at radius 2 is 1.86 bits per heavy atom. The van der Waals surface area contributed by atoms with Crippen molar-refractivity contribution in [3.8, 4) is 5.88 Å². The fourth-order valence-electron chi connectivity index (χ4n) is 2.54. The first-order valence-corrected chi connectivity index (χ1v) is 10.2. The van der Waals surface area contributed by atoms with Crippen LogP contribution in [0.25, 0.3) is 0 Å². The molecule has 0 fully saturated rings. The van der Waals surface area contributed by atoms with Crippen LogP contribution in [0.5, 0.6) is 5.88 Å². The van der Waals surface area contributed by atoms with Crippen LogP contribution in [0.4, 0.5) is 5.69 Å². The minimum absolute atomic E-state index is 0.0229. The second-order valence-electron chi connectivity index (χ2n) is 6.73. The van der Waals surface area contributed by atoms with Crippen LogP contribution < -0.4 is 16.6 Å².